The van der Waals surface area contributed by atoms with E-state index in [1.54, 1.807) is 0 Å². The van der Waals surface area contributed by atoms with E-state index in [2.05, 4.69) is 4.90 Å². The number of aliphatic hydroxyl groups is 1. The topological polar surface area (TPSA) is 32.7 Å². The van der Waals surface area contributed by atoms with Crippen LogP contribution in [0.1, 0.15) is 64.2 Å². The molecule has 0 aromatic heterocycles. The summed E-state index contributed by atoms with van der Waals surface area (Å²) in [6.45, 7) is 2.10. The second-order valence-electron chi connectivity index (χ2n) is 6.78. The highest BCUT2D eigenvalue weighted by Gasteiger charge is 2.42. The zero-order valence-electron chi connectivity index (χ0n) is 12.1. The molecule has 2 saturated carbocycles. The van der Waals surface area contributed by atoms with Crippen LogP contribution in [0, 0.1) is 0 Å². The SMILES string of the molecule is OCCN(C1CCC1)C1CCOC2(CCCCC2)C1. The largest absolute Gasteiger partial charge is 0.395 e. The lowest BCUT2D eigenvalue weighted by Crippen LogP contribution is -2.54. The van der Waals surface area contributed by atoms with Crippen LogP contribution < -0.4 is 0 Å². The Bertz CT molecular complexity index is 279. The molecule has 0 aromatic rings. The van der Waals surface area contributed by atoms with Gasteiger partial charge in [0.2, 0.25) is 0 Å². The molecular weight excluding hydrogens is 238 g/mol. The molecule has 1 atom stereocenters. The second-order valence-corrected chi connectivity index (χ2v) is 6.78. The Kier molecular flexibility index (Phi) is 4.45. The van der Waals surface area contributed by atoms with Crippen LogP contribution in [-0.4, -0.2) is 47.4 Å². The first-order valence-corrected chi connectivity index (χ1v) is 8.34. The maximum atomic E-state index is 9.36. The van der Waals surface area contributed by atoms with E-state index in [1.165, 1.54) is 57.8 Å². The molecule has 1 spiro atoms. The molecule has 0 bridgehead atoms. The predicted molar refractivity (Wildman–Crippen MR) is 76.2 cm³/mol. The van der Waals surface area contributed by atoms with Gasteiger partial charge in [-0.15, -0.1) is 0 Å². The van der Waals surface area contributed by atoms with Crippen LogP contribution in [0.25, 0.3) is 0 Å². The zero-order valence-corrected chi connectivity index (χ0v) is 12.1. The smallest absolute Gasteiger partial charge is 0.0697 e. The van der Waals surface area contributed by atoms with Gasteiger partial charge in [-0.05, 0) is 38.5 Å². The van der Waals surface area contributed by atoms with E-state index in [0.717, 1.165) is 25.6 Å². The molecule has 19 heavy (non-hydrogen) atoms. The van der Waals surface area contributed by atoms with Crippen molar-refractivity contribution < 1.29 is 9.84 Å². The highest BCUT2D eigenvalue weighted by Crippen LogP contribution is 2.41. The van der Waals surface area contributed by atoms with E-state index in [4.69, 9.17) is 4.74 Å². The van der Waals surface area contributed by atoms with Crippen molar-refractivity contribution in [2.75, 3.05) is 19.8 Å². The minimum absolute atomic E-state index is 0.193. The Balaban J connectivity index is 1.64. The average Bonchev–Trinajstić information content (AvgIpc) is 2.37. The molecule has 2 aliphatic carbocycles. The number of rotatable bonds is 4. The lowest BCUT2D eigenvalue weighted by molar-refractivity contribution is -0.132. The summed E-state index contributed by atoms with van der Waals surface area (Å²) in [4.78, 5) is 2.61. The minimum atomic E-state index is 0.193. The fourth-order valence-electron chi connectivity index (χ4n) is 4.33. The van der Waals surface area contributed by atoms with Gasteiger partial charge in [0.1, 0.15) is 0 Å². The van der Waals surface area contributed by atoms with Crippen molar-refractivity contribution in [1.82, 2.24) is 4.90 Å². The van der Waals surface area contributed by atoms with Gasteiger partial charge in [0.15, 0.2) is 0 Å². The lowest BCUT2D eigenvalue weighted by Gasteiger charge is -2.50. The van der Waals surface area contributed by atoms with Crippen molar-refractivity contribution in [1.29, 1.82) is 0 Å². The van der Waals surface area contributed by atoms with Gasteiger partial charge in [-0.25, -0.2) is 0 Å². The first-order chi connectivity index (χ1) is 9.33. The summed E-state index contributed by atoms with van der Waals surface area (Å²) in [5, 5.41) is 9.36. The van der Waals surface area contributed by atoms with E-state index in [0.29, 0.717) is 12.6 Å². The quantitative estimate of drug-likeness (QED) is 0.850. The Labute approximate surface area is 117 Å². The number of nitrogens with zero attached hydrogens (tertiary/aromatic N) is 1. The molecule has 1 heterocycles. The molecule has 0 amide bonds. The molecule has 1 unspecified atom stereocenters. The van der Waals surface area contributed by atoms with E-state index in [-0.39, 0.29) is 5.60 Å². The van der Waals surface area contributed by atoms with Gasteiger partial charge < -0.3 is 9.84 Å². The molecule has 0 radical (unpaired) electrons. The van der Waals surface area contributed by atoms with Gasteiger partial charge in [-0.3, -0.25) is 4.90 Å². The monoisotopic (exact) mass is 267 g/mol. The van der Waals surface area contributed by atoms with Crippen molar-refractivity contribution >= 4 is 0 Å². The van der Waals surface area contributed by atoms with Crippen LogP contribution in [0.4, 0.5) is 0 Å². The number of hydrogen-bond donors (Lipinski definition) is 1. The molecule has 110 valence electrons. The van der Waals surface area contributed by atoms with Crippen molar-refractivity contribution in [3.63, 3.8) is 0 Å². The van der Waals surface area contributed by atoms with Crippen LogP contribution in [0.5, 0.6) is 0 Å². The van der Waals surface area contributed by atoms with Crippen LogP contribution in [0.2, 0.25) is 0 Å². The maximum absolute atomic E-state index is 9.36. The lowest BCUT2D eigenvalue weighted by atomic mass is 9.77. The number of ether oxygens (including phenoxy) is 1. The summed E-state index contributed by atoms with van der Waals surface area (Å²) in [6.07, 6.45) is 13.0. The van der Waals surface area contributed by atoms with Crippen molar-refractivity contribution in [3.05, 3.63) is 0 Å². The molecule has 3 rings (SSSR count). The maximum Gasteiger partial charge on any atom is 0.0697 e. The van der Waals surface area contributed by atoms with Crippen LogP contribution in [0.3, 0.4) is 0 Å². The molecule has 1 N–H and O–H groups in total. The van der Waals surface area contributed by atoms with Crippen LogP contribution >= 0.6 is 0 Å². The van der Waals surface area contributed by atoms with Gasteiger partial charge in [0.05, 0.1) is 12.2 Å². The summed E-state index contributed by atoms with van der Waals surface area (Å²) in [5.74, 6) is 0. The van der Waals surface area contributed by atoms with Crippen molar-refractivity contribution in [2.45, 2.75) is 81.9 Å². The molecule has 0 aromatic carbocycles. The van der Waals surface area contributed by atoms with E-state index < -0.39 is 0 Å². The molecule has 3 fully saturated rings. The molecule has 3 nitrogen and oxygen atoms in total. The molecule has 1 saturated heterocycles. The normalized spacial score (nSPS) is 31.6. The standard InChI is InChI=1S/C16H29NO2/c18-11-10-17(14-5-4-6-14)15-7-12-19-16(13-15)8-2-1-3-9-16/h14-15,18H,1-13H2. The number of aliphatic hydroxyl groups excluding tert-OH is 1. The third-order valence-electron chi connectivity index (χ3n) is 5.60. The highest BCUT2D eigenvalue weighted by molar-refractivity contribution is 4.95. The number of hydrogen-bond acceptors (Lipinski definition) is 3. The van der Waals surface area contributed by atoms with Gasteiger partial charge >= 0.3 is 0 Å². The first kappa shape index (κ1) is 13.8. The summed E-state index contributed by atoms with van der Waals surface area (Å²) in [6, 6.07) is 1.40. The van der Waals surface area contributed by atoms with Gasteiger partial charge in [0, 0.05) is 25.2 Å². The molecule has 3 aliphatic rings. The van der Waals surface area contributed by atoms with E-state index in [1.807, 2.05) is 0 Å². The summed E-state index contributed by atoms with van der Waals surface area (Å²) >= 11 is 0. The third kappa shape index (κ3) is 2.98. The van der Waals surface area contributed by atoms with Gasteiger partial charge in [-0.2, -0.15) is 0 Å². The Hall–Kier alpha value is -0.120. The molecule has 1 aliphatic heterocycles. The van der Waals surface area contributed by atoms with Crippen LogP contribution in [-0.2, 0) is 4.74 Å². The highest BCUT2D eigenvalue weighted by atomic mass is 16.5. The molecular formula is C16H29NO2. The Morgan fingerprint density at radius 1 is 1.00 bits per heavy atom. The van der Waals surface area contributed by atoms with Gasteiger partial charge in [-0.1, -0.05) is 25.7 Å². The van der Waals surface area contributed by atoms with Crippen molar-refractivity contribution in [2.24, 2.45) is 0 Å². The summed E-state index contributed by atoms with van der Waals surface area (Å²) < 4.78 is 6.21. The van der Waals surface area contributed by atoms with E-state index in [9.17, 15) is 5.11 Å². The zero-order chi connectivity index (χ0) is 13.1. The minimum Gasteiger partial charge on any atom is -0.395 e. The fourth-order valence-corrected chi connectivity index (χ4v) is 4.33. The Morgan fingerprint density at radius 3 is 2.42 bits per heavy atom. The van der Waals surface area contributed by atoms with Crippen LogP contribution in [0.15, 0.2) is 0 Å². The molecule has 3 heteroatoms. The predicted octanol–water partition coefficient (Wildman–Crippen LogP) is 2.72. The summed E-state index contributed by atoms with van der Waals surface area (Å²) in [7, 11) is 0. The van der Waals surface area contributed by atoms with E-state index >= 15 is 0 Å². The fraction of sp³-hybridized carbons (Fsp3) is 1.00. The van der Waals surface area contributed by atoms with Crippen molar-refractivity contribution in [3.8, 4) is 0 Å². The first-order valence-electron chi connectivity index (χ1n) is 8.34. The Morgan fingerprint density at radius 2 is 1.79 bits per heavy atom. The summed E-state index contributed by atoms with van der Waals surface area (Å²) in [5.41, 5.74) is 0.193. The second kappa shape index (κ2) is 6.11. The third-order valence-corrected chi connectivity index (χ3v) is 5.60. The average molecular weight is 267 g/mol. The van der Waals surface area contributed by atoms with Gasteiger partial charge in [0.25, 0.3) is 0 Å².